The Hall–Kier alpha value is -2.73. The molecular formula is C25H31FN4O. The van der Waals surface area contributed by atoms with E-state index >= 15 is 0 Å². The Bertz CT molecular complexity index is 1070. The molecule has 2 heterocycles. The van der Waals surface area contributed by atoms with E-state index in [0.29, 0.717) is 18.2 Å². The Morgan fingerprint density at radius 2 is 1.84 bits per heavy atom. The molecule has 0 spiro atoms. The van der Waals surface area contributed by atoms with E-state index in [0.717, 1.165) is 48.4 Å². The predicted octanol–water partition coefficient (Wildman–Crippen LogP) is 4.48. The van der Waals surface area contributed by atoms with Crippen LogP contribution in [0.1, 0.15) is 48.4 Å². The van der Waals surface area contributed by atoms with E-state index < -0.39 is 0 Å². The number of halogens is 1. The first kappa shape index (κ1) is 21.5. The Kier molecular flexibility index (Phi) is 6.10. The van der Waals surface area contributed by atoms with Crippen LogP contribution in [0.25, 0.3) is 11.0 Å². The van der Waals surface area contributed by atoms with Gasteiger partial charge in [0.25, 0.3) is 5.91 Å². The fourth-order valence-electron chi connectivity index (χ4n) is 4.51. The van der Waals surface area contributed by atoms with Crippen LogP contribution in [0.3, 0.4) is 0 Å². The van der Waals surface area contributed by atoms with E-state index in [1.807, 2.05) is 47.7 Å². The highest BCUT2D eigenvalue weighted by atomic mass is 19.1. The van der Waals surface area contributed by atoms with Gasteiger partial charge in [-0.05, 0) is 69.5 Å². The first-order valence-corrected chi connectivity index (χ1v) is 11.1. The largest absolute Gasteiger partial charge is 0.339 e. The zero-order valence-electron chi connectivity index (χ0n) is 18.8. The van der Waals surface area contributed by atoms with E-state index in [4.69, 9.17) is 0 Å². The van der Waals surface area contributed by atoms with E-state index in [1.165, 1.54) is 12.1 Å². The molecule has 0 N–H and O–H groups in total. The third-order valence-electron chi connectivity index (χ3n) is 6.54. The highest BCUT2D eigenvalue weighted by Gasteiger charge is 2.26. The van der Waals surface area contributed by atoms with E-state index in [9.17, 15) is 9.18 Å². The minimum absolute atomic E-state index is 0.0703. The van der Waals surface area contributed by atoms with Gasteiger partial charge in [-0.15, -0.1) is 0 Å². The van der Waals surface area contributed by atoms with Crippen molar-refractivity contribution in [2.45, 2.75) is 52.2 Å². The number of piperidine rings is 1. The van der Waals surface area contributed by atoms with Gasteiger partial charge in [0.15, 0.2) is 0 Å². The molecule has 3 aromatic rings. The molecule has 0 bridgehead atoms. The summed E-state index contributed by atoms with van der Waals surface area (Å²) in [4.78, 5) is 21.9. The average molecular weight is 423 g/mol. The fraction of sp³-hybridized carbons (Fsp3) is 0.440. The Labute approximate surface area is 183 Å². The molecule has 1 aliphatic heterocycles. The maximum absolute atomic E-state index is 13.7. The summed E-state index contributed by atoms with van der Waals surface area (Å²) in [5.41, 5.74) is 3.33. The summed E-state index contributed by atoms with van der Waals surface area (Å²) in [5.74, 6) is 0.644. The molecule has 5 nitrogen and oxygen atoms in total. The van der Waals surface area contributed by atoms with Crippen LogP contribution in [-0.4, -0.2) is 57.5 Å². The first-order valence-electron chi connectivity index (χ1n) is 11.1. The van der Waals surface area contributed by atoms with Crippen molar-refractivity contribution in [1.29, 1.82) is 0 Å². The van der Waals surface area contributed by atoms with E-state index in [-0.39, 0.29) is 17.8 Å². The molecular weight excluding hydrogens is 391 g/mol. The molecule has 1 amide bonds. The normalized spacial score (nSPS) is 15.7. The highest BCUT2D eigenvalue weighted by Crippen LogP contribution is 2.21. The summed E-state index contributed by atoms with van der Waals surface area (Å²) in [5, 5.41) is 0. The standard InChI is InChI=1S/C25H31FN4O/c1-17(2)29-13-11-22(12-14-29)28(4)25(31)20-7-5-19(6-8-20)16-30-18(3)27-23-10-9-21(26)15-24(23)30/h5-10,15,17,22H,11-14,16H2,1-4H3. The predicted molar refractivity (Wildman–Crippen MR) is 122 cm³/mol. The first-order chi connectivity index (χ1) is 14.8. The quantitative estimate of drug-likeness (QED) is 0.609. The maximum Gasteiger partial charge on any atom is 0.253 e. The molecule has 1 fully saturated rings. The zero-order chi connectivity index (χ0) is 22.1. The number of benzene rings is 2. The molecule has 1 aliphatic rings. The van der Waals surface area contributed by atoms with Crippen molar-refractivity contribution in [2.24, 2.45) is 0 Å². The monoisotopic (exact) mass is 422 g/mol. The smallest absolute Gasteiger partial charge is 0.253 e. The number of carbonyl (C=O) groups excluding carboxylic acids is 1. The summed E-state index contributed by atoms with van der Waals surface area (Å²) >= 11 is 0. The van der Waals surface area contributed by atoms with Gasteiger partial charge in [-0.2, -0.15) is 0 Å². The number of fused-ring (bicyclic) bond motifs is 1. The second-order valence-electron chi connectivity index (χ2n) is 8.85. The summed E-state index contributed by atoms with van der Waals surface area (Å²) < 4.78 is 15.7. The Morgan fingerprint density at radius 3 is 2.48 bits per heavy atom. The molecule has 0 aliphatic carbocycles. The molecule has 164 valence electrons. The molecule has 1 aromatic heterocycles. The minimum Gasteiger partial charge on any atom is -0.339 e. The van der Waals surface area contributed by atoms with Crippen molar-refractivity contribution >= 4 is 16.9 Å². The van der Waals surface area contributed by atoms with E-state index in [1.54, 1.807) is 6.07 Å². The Balaban J connectivity index is 1.44. The minimum atomic E-state index is -0.267. The summed E-state index contributed by atoms with van der Waals surface area (Å²) in [6.45, 7) is 9.04. The summed E-state index contributed by atoms with van der Waals surface area (Å²) in [6.07, 6.45) is 2.03. The molecule has 4 rings (SSSR count). The second-order valence-corrected chi connectivity index (χ2v) is 8.85. The molecule has 0 saturated carbocycles. The molecule has 1 saturated heterocycles. The third kappa shape index (κ3) is 4.49. The topological polar surface area (TPSA) is 41.4 Å². The number of aryl methyl sites for hydroxylation is 1. The number of likely N-dealkylation sites (tertiary alicyclic amines) is 1. The number of aromatic nitrogens is 2. The van der Waals surface area contributed by atoms with Crippen LogP contribution in [-0.2, 0) is 6.54 Å². The highest BCUT2D eigenvalue weighted by molar-refractivity contribution is 5.94. The number of hydrogen-bond acceptors (Lipinski definition) is 3. The van der Waals surface area contributed by atoms with Gasteiger partial charge in [-0.1, -0.05) is 12.1 Å². The van der Waals surface area contributed by atoms with Gasteiger partial charge >= 0.3 is 0 Å². The summed E-state index contributed by atoms with van der Waals surface area (Å²) in [6, 6.07) is 13.3. The van der Waals surface area contributed by atoms with Crippen LogP contribution in [0, 0.1) is 12.7 Å². The number of imidazole rings is 1. The van der Waals surface area contributed by atoms with Crippen LogP contribution < -0.4 is 0 Å². The van der Waals surface area contributed by atoms with Gasteiger partial charge in [0.1, 0.15) is 11.6 Å². The van der Waals surface area contributed by atoms with Gasteiger partial charge in [-0.3, -0.25) is 4.79 Å². The van der Waals surface area contributed by atoms with Crippen LogP contribution >= 0.6 is 0 Å². The van der Waals surface area contributed by atoms with Crippen LogP contribution in [0.4, 0.5) is 4.39 Å². The van der Waals surface area contributed by atoms with Crippen molar-refractivity contribution in [1.82, 2.24) is 19.4 Å². The fourth-order valence-corrected chi connectivity index (χ4v) is 4.51. The van der Waals surface area contributed by atoms with Gasteiger partial charge in [0, 0.05) is 44.3 Å². The zero-order valence-corrected chi connectivity index (χ0v) is 18.8. The number of hydrogen-bond donors (Lipinski definition) is 0. The number of rotatable bonds is 5. The lowest BCUT2D eigenvalue weighted by molar-refractivity contribution is 0.0615. The lowest BCUT2D eigenvalue weighted by atomic mass is 10.0. The molecule has 2 aromatic carbocycles. The van der Waals surface area contributed by atoms with Gasteiger partial charge in [-0.25, -0.2) is 9.37 Å². The van der Waals surface area contributed by atoms with Gasteiger partial charge < -0.3 is 14.4 Å². The molecule has 31 heavy (non-hydrogen) atoms. The van der Waals surface area contributed by atoms with Crippen molar-refractivity contribution in [3.63, 3.8) is 0 Å². The summed E-state index contributed by atoms with van der Waals surface area (Å²) in [7, 11) is 1.92. The third-order valence-corrected chi connectivity index (χ3v) is 6.54. The maximum atomic E-state index is 13.7. The molecule has 0 radical (unpaired) electrons. The van der Waals surface area contributed by atoms with Crippen molar-refractivity contribution in [3.05, 3.63) is 65.2 Å². The van der Waals surface area contributed by atoms with Crippen LogP contribution in [0.5, 0.6) is 0 Å². The Morgan fingerprint density at radius 1 is 1.16 bits per heavy atom. The van der Waals surface area contributed by atoms with Crippen molar-refractivity contribution in [3.8, 4) is 0 Å². The van der Waals surface area contributed by atoms with Crippen LogP contribution in [0.15, 0.2) is 42.5 Å². The molecule has 0 atom stereocenters. The number of amides is 1. The molecule has 6 heteroatoms. The number of carbonyl (C=O) groups is 1. The van der Waals surface area contributed by atoms with Crippen LogP contribution in [0.2, 0.25) is 0 Å². The lowest BCUT2D eigenvalue weighted by Crippen LogP contribution is -2.47. The SMILES string of the molecule is Cc1nc2ccc(F)cc2n1Cc1ccc(C(=O)N(C)C2CCN(C(C)C)CC2)cc1. The van der Waals surface area contributed by atoms with Crippen molar-refractivity contribution in [2.75, 3.05) is 20.1 Å². The van der Waals surface area contributed by atoms with E-state index in [2.05, 4.69) is 23.7 Å². The molecule has 0 unspecified atom stereocenters. The lowest BCUT2D eigenvalue weighted by Gasteiger charge is -2.38. The van der Waals surface area contributed by atoms with Gasteiger partial charge in [0.2, 0.25) is 0 Å². The van der Waals surface area contributed by atoms with Gasteiger partial charge in [0.05, 0.1) is 11.0 Å². The average Bonchev–Trinajstić information content (AvgIpc) is 3.07. The second kappa shape index (κ2) is 8.79. The number of nitrogens with zero attached hydrogens (tertiary/aromatic N) is 4. The van der Waals surface area contributed by atoms with Crippen molar-refractivity contribution < 1.29 is 9.18 Å².